The molecule has 0 saturated carbocycles. The predicted molar refractivity (Wildman–Crippen MR) is 81.6 cm³/mol. The second-order valence-electron chi connectivity index (χ2n) is 5.30. The van der Waals surface area contributed by atoms with Gasteiger partial charge < -0.3 is 10.2 Å². The van der Waals surface area contributed by atoms with Crippen molar-refractivity contribution in [3.8, 4) is 0 Å². The third-order valence-electron chi connectivity index (χ3n) is 3.85. The van der Waals surface area contributed by atoms with Gasteiger partial charge in [0.2, 0.25) is 0 Å². The molecule has 6 nitrogen and oxygen atoms in total. The van der Waals surface area contributed by atoms with Crippen molar-refractivity contribution in [2.75, 3.05) is 25.5 Å². The average molecular weight is 291 g/mol. The number of amides is 1. The summed E-state index contributed by atoms with van der Waals surface area (Å²) in [5.74, 6) is -0.109. The van der Waals surface area contributed by atoms with E-state index < -0.39 is 4.92 Å². The molecule has 0 aliphatic carbocycles. The minimum absolute atomic E-state index is 0.0598. The van der Waals surface area contributed by atoms with Gasteiger partial charge in [-0.3, -0.25) is 14.9 Å². The van der Waals surface area contributed by atoms with Gasteiger partial charge in [0.05, 0.1) is 4.92 Å². The molecule has 1 saturated heterocycles. The van der Waals surface area contributed by atoms with E-state index in [1.165, 1.54) is 12.5 Å². The molecule has 0 unspecified atom stereocenters. The molecule has 1 aliphatic rings. The first-order valence-electron chi connectivity index (χ1n) is 7.39. The monoisotopic (exact) mass is 291 g/mol. The van der Waals surface area contributed by atoms with E-state index in [2.05, 4.69) is 5.32 Å². The molecule has 1 heterocycles. The number of hydrogen-bond acceptors (Lipinski definition) is 4. The fraction of sp³-hybridized carbons (Fsp3) is 0.533. The van der Waals surface area contributed by atoms with Crippen LogP contribution in [0.1, 0.15) is 42.5 Å². The molecule has 1 amide bonds. The number of hydrogen-bond donors (Lipinski definition) is 1. The smallest absolute Gasteiger partial charge is 0.293 e. The Morgan fingerprint density at radius 1 is 1.19 bits per heavy atom. The first kappa shape index (κ1) is 15.3. The number of benzene rings is 1. The summed E-state index contributed by atoms with van der Waals surface area (Å²) in [5, 5.41) is 13.8. The van der Waals surface area contributed by atoms with Crippen LogP contribution in [0.15, 0.2) is 18.2 Å². The Morgan fingerprint density at radius 2 is 1.81 bits per heavy atom. The Labute approximate surface area is 124 Å². The quantitative estimate of drug-likeness (QED) is 0.686. The van der Waals surface area contributed by atoms with Crippen LogP contribution < -0.4 is 5.32 Å². The SMILES string of the molecule is CNc1ccc(C(=O)N2CCCCCCC2)cc1[N+](=O)[O-]. The molecule has 0 bridgehead atoms. The molecular weight excluding hydrogens is 270 g/mol. The summed E-state index contributed by atoms with van der Waals surface area (Å²) >= 11 is 0. The molecule has 21 heavy (non-hydrogen) atoms. The van der Waals surface area contributed by atoms with Crippen molar-refractivity contribution < 1.29 is 9.72 Å². The minimum atomic E-state index is -0.462. The number of nitro groups is 1. The molecule has 2 rings (SSSR count). The second-order valence-corrected chi connectivity index (χ2v) is 5.30. The highest BCUT2D eigenvalue weighted by atomic mass is 16.6. The van der Waals surface area contributed by atoms with E-state index in [4.69, 9.17) is 0 Å². The van der Waals surface area contributed by atoms with E-state index in [1.807, 2.05) is 4.90 Å². The Kier molecular flexibility index (Phi) is 5.14. The molecule has 1 aliphatic heterocycles. The van der Waals surface area contributed by atoms with Crippen LogP contribution in [0.2, 0.25) is 0 Å². The maximum atomic E-state index is 12.5. The van der Waals surface area contributed by atoms with Gasteiger partial charge >= 0.3 is 0 Å². The zero-order valence-electron chi connectivity index (χ0n) is 12.3. The number of anilines is 1. The largest absolute Gasteiger partial charge is 0.383 e. The van der Waals surface area contributed by atoms with E-state index in [-0.39, 0.29) is 11.6 Å². The number of likely N-dealkylation sites (tertiary alicyclic amines) is 1. The molecule has 1 N–H and O–H groups in total. The fourth-order valence-corrected chi connectivity index (χ4v) is 2.66. The van der Waals surface area contributed by atoms with Crippen molar-refractivity contribution in [1.29, 1.82) is 0 Å². The topological polar surface area (TPSA) is 75.5 Å². The molecule has 1 aromatic carbocycles. The van der Waals surface area contributed by atoms with Gasteiger partial charge in [0.15, 0.2) is 0 Å². The normalized spacial score (nSPS) is 16.0. The van der Waals surface area contributed by atoms with Crippen LogP contribution in [0.25, 0.3) is 0 Å². The van der Waals surface area contributed by atoms with Crippen LogP contribution in [0.5, 0.6) is 0 Å². The Balaban J connectivity index is 2.21. The fourth-order valence-electron chi connectivity index (χ4n) is 2.66. The lowest BCUT2D eigenvalue weighted by atomic mass is 10.1. The average Bonchev–Trinajstić information content (AvgIpc) is 2.45. The highest BCUT2D eigenvalue weighted by molar-refractivity contribution is 5.95. The van der Waals surface area contributed by atoms with Gasteiger partial charge in [-0.05, 0) is 25.0 Å². The maximum Gasteiger partial charge on any atom is 0.293 e. The van der Waals surface area contributed by atoms with E-state index >= 15 is 0 Å². The van der Waals surface area contributed by atoms with Crippen LogP contribution in [0.4, 0.5) is 11.4 Å². The van der Waals surface area contributed by atoms with E-state index in [0.29, 0.717) is 11.3 Å². The first-order valence-corrected chi connectivity index (χ1v) is 7.39. The Bertz CT molecular complexity index is 523. The number of carbonyl (C=O) groups is 1. The summed E-state index contributed by atoms with van der Waals surface area (Å²) in [7, 11) is 1.63. The number of nitro benzene ring substituents is 1. The predicted octanol–water partition coefficient (Wildman–Crippen LogP) is 3.04. The highest BCUT2D eigenvalue weighted by Gasteiger charge is 2.21. The lowest BCUT2D eigenvalue weighted by Crippen LogP contribution is -2.33. The lowest BCUT2D eigenvalue weighted by molar-refractivity contribution is -0.384. The number of nitrogens with one attached hydrogen (secondary N) is 1. The second kappa shape index (κ2) is 7.06. The van der Waals surface area contributed by atoms with Crippen LogP contribution in [-0.4, -0.2) is 35.9 Å². The van der Waals surface area contributed by atoms with E-state index in [1.54, 1.807) is 19.2 Å². The maximum absolute atomic E-state index is 12.5. The van der Waals surface area contributed by atoms with Crippen LogP contribution in [0.3, 0.4) is 0 Å². The van der Waals surface area contributed by atoms with Crippen molar-refractivity contribution in [3.63, 3.8) is 0 Å². The summed E-state index contributed by atoms with van der Waals surface area (Å²) in [6.07, 6.45) is 5.51. The summed E-state index contributed by atoms with van der Waals surface area (Å²) in [6.45, 7) is 1.47. The van der Waals surface area contributed by atoms with Gasteiger partial charge in [-0.15, -0.1) is 0 Å². The van der Waals surface area contributed by atoms with E-state index in [0.717, 1.165) is 38.8 Å². The van der Waals surface area contributed by atoms with Gasteiger partial charge in [-0.1, -0.05) is 19.3 Å². The highest BCUT2D eigenvalue weighted by Crippen LogP contribution is 2.26. The zero-order valence-corrected chi connectivity index (χ0v) is 12.3. The zero-order chi connectivity index (χ0) is 15.2. The van der Waals surface area contributed by atoms with Crippen molar-refractivity contribution >= 4 is 17.3 Å². The molecule has 0 atom stereocenters. The van der Waals surface area contributed by atoms with Crippen molar-refractivity contribution in [2.45, 2.75) is 32.1 Å². The third-order valence-corrected chi connectivity index (χ3v) is 3.85. The molecular formula is C15H21N3O3. The molecule has 114 valence electrons. The third kappa shape index (κ3) is 3.71. The molecule has 0 radical (unpaired) electrons. The molecule has 1 fully saturated rings. The van der Waals surface area contributed by atoms with Crippen LogP contribution >= 0.6 is 0 Å². The number of rotatable bonds is 3. The van der Waals surface area contributed by atoms with E-state index in [9.17, 15) is 14.9 Å². The van der Waals surface area contributed by atoms with Gasteiger partial charge in [0, 0.05) is 31.8 Å². The van der Waals surface area contributed by atoms with Gasteiger partial charge in [0.25, 0.3) is 11.6 Å². The van der Waals surface area contributed by atoms with Crippen LogP contribution in [-0.2, 0) is 0 Å². The van der Waals surface area contributed by atoms with Gasteiger partial charge in [0.1, 0.15) is 5.69 Å². The van der Waals surface area contributed by atoms with Gasteiger partial charge in [-0.2, -0.15) is 0 Å². The lowest BCUT2D eigenvalue weighted by Gasteiger charge is -2.24. The summed E-state index contributed by atoms with van der Waals surface area (Å²) in [4.78, 5) is 24.9. The summed E-state index contributed by atoms with van der Waals surface area (Å²) < 4.78 is 0. The van der Waals surface area contributed by atoms with Crippen molar-refractivity contribution in [1.82, 2.24) is 4.90 Å². The Morgan fingerprint density at radius 3 is 2.38 bits per heavy atom. The van der Waals surface area contributed by atoms with Crippen molar-refractivity contribution in [3.05, 3.63) is 33.9 Å². The number of carbonyl (C=O) groups excluding carboxylic acids is 1. The summed E-state index contributed by atoms with van der Waals surface area (Å²) in [6, 6.07) is 4.61. The Hall–Kier alpha value is -2.11. The standard InChI is InChI=1S/C15H21N3O3/c1-16-13-8-7-12(11-14(13)18(20)21)15(19)17-9-5-3-2-4-6-10-17/h7-8,11,16H,2-6,9-10H2,1H3. The van der Waals surface area contributed by atoms with Gasteiger partial charge in [-0.25, -0.2) is 0 Å². The van der Waals surface area contributed by atoms with Crippen molar-refractivity contribution in [2.24, 2.45) is 0 Å². The molecule has 1 aromatic rings. The minimum Gasteiger partial charge on any atom is -0.383 e. The van der Waals surface area contributed by atoms with Crippen LogP contribution in [0, 0.1) is 10.1 Å². The summed E-state index contributed by atoms with van der Waals surface area (Å²) in [5.41, 5.74) is 0.751. The first-order chi connectivity index (χ1) is 10.1. The number of nitrogens with zero attached hydrogens (tertiary/aromatic N) is 2. The molecule has 6 heteroatoms. The molecule has 0 aromatic heterocycles. The molecule has 0 spiro atoms.